The Kier molecular flexibility index (Phi) is 5.86. The van der Waals surface area contributed by atoms with Gasteiger partial charge in [0.25, 0.3) is 5.91 Å². The van der Waals surface area contributed by atoms with Gasteiger partial charge >= 0.3 is 5.97 Å². The Balaban J connectivity index is 1.51. The summed E-state index contributed by atoms with van der Waals surface area (Å²) >= 11 is 0. The Morgan fingerprint density at radius 3 is 2.55 bits per heavy atom. The molecular weight excluding hydrogens is 388 g/mol. The highest BCUT2D eigenvalue weighted by Crippen LogP contribution is 2.45. The molecule has 1 atom stereocenters. The van der Waals surface area contributed by atoms with Crippen molar-refractivity contribution in [3.8, 4) is 0 Å². The fraction of sp³-hybridized carbons (Fsp3) is 0.385. The minimum atomic E-state index is -0.315. The normalized spacial score (nSPS) is 19.5. The number of nitrogens with one attached hydrogen (secondary N) is 2. The van der Waals surface area contributed by atoms with Crippen LogP contribution in [-0.4, -0.2) is 19.0 Å². The molecule has 0 bridgehead atoms. The number of carbonyl (C=O) groups is 2. The molecule has 0 saturated heterocycles. The second-order valence-corrected chi connectivity index (χ2v) is 9.16. The van der Waals surface area contributed by atoms with Crippen LogP contribution in [0.3, 0.4) is 0 Å². The zero-order valence-electron chi connectivity index (χ0n) is 18.5. The molecular formula is C26H30N2O3. The molecule has 2 aliphatic rings. The van der Waals surface area contributed by atoms with E-state index in [2.05, 4.69) is 42.7 Å². The van der Waals surface area contributed by atoms with E-state index in [0.717, 1.165) is 48.2 Å². The van der Waals surface area contributed by atoms with E-state index >= 15 is 0 Å². The first kappa shape index (κ1) is 21.2. The molecule has 5 nitrogen and oxygen atoms in total. The molecule has 1 unspecified atom stereocenters. The lowest BCUT2D eigenvalue weighted by Gasteiger charge is -2.41. The van der Waals surface area contributed by atoms with E-state index in [1.807, 2.05) is 24.3 Å². The topological polar surface area (TPSA) is 67.4 Å². The summed E-state index contributed by atoms with van der Waals surface area (Å²) in [5.74, 6) is -0.303. The lowest BCUT2D eigenvalue weighted by molar-refractivity contribution is -0.113. The van der Waals surface area contributed by atoms with Crippen molar-refractivity contribution in [3.05, 3.63) is 70.8 Å². The lowest BCUT2D eigenvalue weighted by Crippen LogP contribution is -2.35. The Hall–Kier alpha value is -3.08. The number of fused-ring (bicyclic) bond motifs is 1. The van der Waals surface area contributed by atoms with E-state index in [0.29, 0.717) is 5.56 Å². The largest absolute Gasteiger partial charge is 0.465 e. The van der Waals surface area contributed by atoms with Gasteiger partial charge in [-0.05, 0) is 79.0 Å². The number of hydrogen-bond donors (Lipinski definition) is 2. The molecule has 0 saturated carbocycles. The third kappa shape index (κ3) is 4.50. The Morgan fingerprint density at radius 1 is 1.10 bits per heavy atom. The fourth-order valence-electron chi connectivity index (χ4n) is 4.62. The van der Waals surface area contributed by atoms with Crippen LogP contribution < -0.4 is 10.6 Å². The number of methoxy groups -OCH3 is 1. The molecule has 1 aliphatic carbocycles. The van der Waals surface area contributed by atoms with Gasteiger partial charge in [-0.2, -0.15) is 0 Å². The molecule has 2 aromatic carbocycles. The van der Waals surface area contributed by atoms with Gasteiger partial charge in [0, 0.05) is 16.9 Å². The van der Waals surface area contributed by atoms with Crippen molar-refractivity contribution in [2.24, 2.45) is 5.41 Å². The van der Waals surface area contributed by atoms with Crippen LogP contribution in [0.1, 0.15) is 67.1 Å². The Bertz CT molecular complexity index is 1020. The van der Waals surface area contributed by atoms with Gasteiger partial charge in [-0.25, -0.2) is 4.79 Å². The van der Waals surface area contributed by atoms with Gasteiger partial charge in [0.1, 0.15) is 0 Å². The maximum atomic E-state index is 12.5. The van der Waals surface area contributed by atoms with Crippen LogP contribution in [0.4, 0.5) is 11.4 Å². The first-order valence-corrected chi connectivity index (χ1v) is 11.0. The molecule has 2 aromatic rings. The van der Waals surface area contributed by atoms with Crippen molar-refractivity contribution in [3.63, 3.8) is 0 Å². The third-order valence-electron chi connectivity index (χ3n) is 6.34. The van der Waals surface area contributed by atoms with Crippen molar-refractivity contribution < 1.29 is 14.3 Å². The van der Waals surface area contributed by atoms with E-state index in [-0.39, 0.29) is 23.3 Å². The van der Waals surface area contributed by atoms with Crippen LogP contribution in [0.2, 0.25) is 0 Å². The van der Waals surface area contributed by atoms with Crippen molar-refractivity contribution in [2.75, 3.05) is 17.7 Å². The summed E-state index contributed by atoms with van der Waals surface area (Å²) < 4.78 is 4.85. The van der Waals surface area contributed by atoms with Crippen LogP contribution in [-0.2, 0) is 16.0 Å². The maximum absolute atomic E-state index is 12.5. The quantitative estimate of drug-likeness (QED) is 0.630. The number of carbonyl (C=O) groups excluding carboxylic acids is 2. The van der Waals surface area contributed by atoms with Gasteiger partial charge in [0.2, 0.25) is 0 Å². The highest BCUT2D eigenvalue weighted by Gasteiger charge is 2.36. The van der Waals surface area contributed by atoms with Crippen molar-refractivity contribution in [1.82, 2.24) is 0 Å². The standard InChI is InChI=1S/C26H30N2O3/c1-26(2)16-20-15-19(25(30)31-3)11-14-22(20)28-23(26)17-9-12-21(13-10-17)27-24(29)18-7-5-4-6-8-18/h7,9-15,23,28H,4-6,8,16H2,1-3H3,(H,27,29). The smallest absolute Gasteiger partial charge is 0.337 e. The molecule has 1 heterocycles. The first-order chi connectivity index (χ1) is 14.9. The average molecular weight is 419 g/mol. The lowest BCUT2D eigenvalue weighted by atomic mass is 9.72. The minimum absolute atomic E-state index is 0.0129. The predicted molar refractivity (Wildman–Crippen MR) is 123 cm³/mol. The Morgan fingerprint density at radius 2 is 1.87 bits per heavy atom. The second-order valence-electron chi connectivity index (χ2n) is 9.16. The SMILES string of the molecule is COC(=O)c1ccc2c(c1)CC(C)(C)C(c1ccc(NC(=O)C3=CCCCC3)cc1)N2. The molecule has 0 spiro atoms. The maximum Gasteiger partial charge on any atom is 0.337 e. The Labute approximate surface area is 183 Å². The molecule has 2 N–H and O–H groups in total. The highest BCUT2D eigenvalue weighted by molar-refractivity contribution is 6.03. The van der Waals surface area contributed by atoms with Gasteiger partial charge in [0.15, 0.2) is 0 Å². The predicted octanol–water partition coefficient (Wildman–Crippen LogP) is 5.65. The van der Waals surface area contributed by atoms with E-state index in [9.17, 15) is 9.59 Å². The monoisotopic (exact) mass is 418 g/mol. The highest BCUT2D eigenvalue weighted by atomic mass is 16.5. The molecule has 31 heavy (non-hydrogen) atoms. The zero-order valence-corrected chi connectivity index (χ0v) is 18.5. The number of esters is 1. The van der Waals surface area contributed by atoms with Gasteiger partial charge in [-0.1, -0.05) is 32.1 Å². The van der Waals surface area contributed by atoms with Crippen LogP contribution in [0, 0.1) is 5.41 Å². The van der Waals surface area contributed by atoms with Gasteiger partial charge in [-0.15, -0.1) is 0 Å². The summed E-state index contributed by atoms with van der Waals surface area (Å²) in [5.41, 5.74) is 5.56. The molecule has 1 aliphatic heterocycles. The number of ether oxygens (including phenoxy) is 1. The number of allylic oxidation sites excluding steroid dienone is 1. The average Bonchev–Trinajstić information content (AvgIpc) is 2.78. The fourth-order valence-corrected chi connectivity index (χ4v) is 4.62. The number of benzene rings is 2. The van der Waals surface area contributed by atoms with E-state index in [1.165, 1.54) is 19.1 Å². The zero-order chi connectivity index (χ0) is 22.0. The number of anilines is 2. The van der Waals surface area contributed by atoms with Crippen LogP contribution >= 0.6 is 0 Å². The van der Waals surface area contributed by atoms with Gasteiger partial charge < -0.3 is 15.4 Å². The van der Waals surface area contributed by atoms with Crippen molar-refractivity contribution in [1.29, 1.82) is 0 Å². The second kappa shape index (κ2) is 8.58. The van der Waals surface area contributed by atoms with E-state index in [4.69, 9.17) is 4.74 Å². The van der Waals surface area contributed by atoms with Crippen LogP contribution in [0.25, 0.3) is 0 Å². The summed E-state index contributed by atoms with van der Waals surface area (Å²) in [7, 11) is 1.40. The van der Waals surface area contributed by atoms with E-state index in [1.54, 1.807) is 6.07 Å². The molecule has 0 aromatic heterocycles. The molecule has 5 heteroatoms. The summed E-state index contributed by atoms with van der Waals surface area (Å²) in [4.78, 5) is 24.3. The number of hydrogen-bond acceptors (Lipinski definition) is 4. The molecule has 4 rings (SSSR count). The molecule has 0 radical (unpaired) electrons. The van der Waals surface area contributed by atoms with E-state index < -0.39 is 0 Å². The first-order valence-electron chi connectivity index (χ1n) is 11.0. The summed E-state index contributed by atoms with van der Waals surface area (Å²) in [6, 6.07) is 13.9. The van der Waals surface area contributed by atoms with Crippen LogP contribution in [0.5, 0.6) is 0 Å². The van der Waals surface area contributed by atoms with Crippen molar-refractivity contribution >= 4 is 23.3 Å². The third-order valence-corrected chi connectivity index (χ3v) is 6.34. The minimum Gasteiger partial charge on any atom is -0.465 e. The number of rotatable bonds is 4. The summed E-state index contributed by atoms with van der Waals surface area (Å²) in [6.07, 6.45) is 7.02. The molecule has 162 valence electrons. The van der Waals surface area contributed by atoms with Crippen LogP contribution in [0.15, 0.2) is 54.1 Å². The van der Waals surface area contributed by atoms with Crippen molar-refractivity contribution in [2.45, 2.75) is 52.0 Å². The number of amides is 1. The summed E-state index contributed by atoms with van der Waals surface area (Å²) in [5, 5.41) is 6.68. The summed E-state index contributed by atoms with van der Waals surface area (Å²) in [6.45, 7) is 4.45. The van der Waals surface area contributed by atoms with Gasteiger partial charge in [-0.3, -0.25) is 4.79 Å². The molecule has 1 amide bonds. The van der Waals surface area contributed by atoms with Gasteiger partial charge in [0.05, 0.1) is 18.7 Å². The molecule has 0 fully saturated rings.